The van der Waals surface area contributed by atoms with Gasteiger partial charge in [-0.05, 0) is 62.1 Å². The number of aliphatic hydroxyl groups excluding tert-OH is 1. The standard InChI is InChI=1S/C28H37N3O4/c1-3-35-28-18-29-23(14-20-10-12-31(13-11-20)19(2)32)16-24(28)26(33)8-9-27(34)25-15-21-6-4-5-7-22(21)17-30-25/h4-7,16,18,20,25,27,30,34H,3,8-15,17H2,1-2H3/t25-,27+/m0/s1. The van der Waals surface area contributed by atoms with Crippen LogP contribution in [0.5, 0.6) is 5.75 Å². The van der Waals surface area contributed by atoms with E-state index >= 15 is 0 Å². The SMILES string of the molecule is CCOc1cnc(CC2CCN(C(C)=O)CC2)cc1C(=O)CC[C@@H](O)[C@@H]1Cc2ccccc2CN1. The molecule has 0 radical (unpaired) electrons. The zero-order valence-corrected chi connectivity index (χ0v) is 20.8. The fourth-order valence-corrected chi connectivity index (χ4v) is 5.20. The van der Waals surface area contributed by atoms with E-state index in [1.807, 2.05) is 30.0 Å². The molecule has 0 bridgehead atoms. The van der Waals surface area contributed by atoms with Gasteiger partial charge in [0.2, 0.25) is 5.91 Å². The van der Waals surface area contributed by atoms with E-state index in [-0.39, 0.29) is 24.2 Å². The molecule has 0 saturated carbocycles. The molecule has 188 valence electrons. The first-order valence-electron chi connectivity index (χ1n) is 12.8. The van der Waals surface area contributed by atoms with Crippen LogP contribution in [0.15, 0.2) is 36.5 Å². The van der Waals surface area contributed by atoms with Crippen LogP contribution in [-0.4, -0.2) is 58.5 Å². The van der Waals surface area contributed by atoms with Gasteiger partial charge in [-0.25, -0.2) is 0 Å². The van der Waals surface area contributed by atoms with Crippen LogP contribution in [0, 0.1) is 5.92 Å². The Hall–Kier alpha value is -2.77. The molecular weight excluding hydrogens is 442 g/mol. The summed E-state index contributed by atoms with van der Waals surface area (Å²) in [5.41, 5.74) is 3.95. The van der Waals surface area contributed by atoms with Crippen LogP contribution in [0.25, 0.3) is 0 Å². The normalized spacial score (nSPS) is 19.2. The quantitative estimate of drug-likeness (QED) is 0.536. The number of amides is 1. The van der Waals surface area contributed by atoms with E-state index in [1.165, 1.54) is 11.1 Å². The second kappa shape index (κ2) is 11.8. The number of pyridine rings is 1. The Morgan fingerprint density at radius 3 is 2.69 bits per heavy atom. The average molecular weight is 480 g/mol. The van der Waals surface area contributed by atoms with Gasteiger partial charge in [0.1, 0.15) is 5.75 Å². The molecule has 1 amide bonds. The third-order valence-electron chi connectivity index (χ3n) is 7.33. The molecule has 2 atom stereocenters. The van der Waals surface area contributed by atoms with Crippen LogP contribution in [0.3, 0.4) is 0 Å². The minimum absolute atomic E-state index is 0.0289. The molecular formula is C28H37N3O4. The van der Waals surface area contributed by atoms with Gasteiger partial charge in [-0.1, -0.05) is 24.3 Å². The fraction of sp³-hybridized carbons (Fsp3) is 0.536. The summed E-state index contributed by atoms with van der Waals surface area (Å²) in [7, 11) is 0. The van der Waals surface area contributed by atoms with Crippen LogP contribution in [-0.2, 0) is 24.2 Å². The minimum Gasteiger partial charge on any atom is -0.491 e. The number of piperidine rings is 1. The van der Waals surface area contributed by atoms with Crippen molar-refractivity contribution in [1.29, 1.82) is 0 Å². The number of aromatic nitrogens is 1. The van der Waals surface area contributed by atoms with Gasteiger partial charge in [-0.15, -0.1) is 0 Å². The van der Waals surface area contributed by atoms with E-state index in [2.05, 4.69) is 22.4 Å². The molecule has 1 aromatic heterocycles. The predicted octanol–water partition coefficient (Wildman–Crippen LogP) is 3.32. The Morgan fingerprint density at radius 1 is 1.23 bits per heavy atom. The predicted molar refractivity (Wildman–Crippen MR) is 134 cm³/mol. The summed E-state index contributed by atoms with van der Waals surface area (Å²) in [5.74, 6) is 1.05. The lowest BCUT2D eigenvalue weighted by Crippen LogP contribution is -2.44. The van der Waals surface area contributed by atoms with Crippen LogP contribution in [0.2, 0.25) is 0 Å². The largest absolute Gasteiger partial charge is 0.491 e. The van der Waals surface area contributed by atoms with Crippen molar-refractivity contribution in [2.45, 2.75) is 71.1 Å². The first-order valence-corrected chi connectivity index (χ1v) is 12.8. The second-order valence-corrected chi connectivity index (χ2v) is 9.75. The summed E-state index contributed by atoms with van der Waals surface area (Å²) in [4.78, 5) is 31.2. The number of likely N-dealkylation sites (tertiary alicyclic amines) is 1. The number of aliphatic hydroxyl groups is 1. The van der Waals surface area contributed by atoms with Crippen molar-refractivity contribution in [2.24, 2.45) is 5.92 Å². The van der Waals surface area contributed by atoms with Crippen molar-refractivity contribution in [3.63, 3.8) is 0 Å². The van der Waals surface area contributed by atoms with Crippen molar-refractivity contribution < 1.29 is 19.4 Å². The summed E-state index contributed by atoms with van der Waals surface area (Å²) in [6.45, 7) is 6.26. The summed E-state index contributed by atoms with van der Waals surface area (Å²) in [6.07, 6.45) is 5.14. The van der Waals surface area contributed by atoms with Gasteiger partial charge >= 0.3 is 0 Å². The van der Waals surface area contributed by atoms with E-state index in [4.69, 9.17) is 4.74 Å². The van der Waals surface area contributed by atoms with Gasteiger partial charge in [-0.2, -0.15) is 0 Å². The maximum Gasteiger partial charge on any atom is 0.219 e. The number of rotatable bonds is 9. The third-order valence-corrected chi connectivity index (χ3v) is 7.33. The van der Waals surface area contributed by atoms with Crippen molar-refractivity contribution in [2.75, 3.05) is 19.7 Å². The van der Waals surface area contributed by atoms with Gasteiger partial charge in [0, 0.05) is 44.7 Å². The zero-order chi connectivity index (χ0) is 24.8. The molecule has 2 aromatic rings. The monoisotopic (exact) mass is 479 g/mol. The lowest BCUT2D eigenvalue weighted by Gasteiger charge is -2.31. The number of Topliss-reactive ketones (excluding diaryl/α,β-unsaturated/α-hetero) is 1. The maximum absolute atomic E-state index is 13.2. The molecule has 3 heterocycles. The van der Waals surface area contributed by atoms with Gasteiger partial charge in [-0.3, -0.25) is 14.6 Å². The summed E-state index contributed by atoms with van der Waals surface area (Å²) in [6, 6.07) is 10.1. The van der Waals surface area contributed by atoms with Crippen LogP contribution in [0.1, 0.15) is 66.7 Å². The van der Waals surface area contributed by atoms with Crippen molar-refractivity contribution in [3.05, 3.63) is 58.9 Å². The van der Waals surface area contributed by atoms with E-state index < -0.39 is 6.10 Å². The van der Waals surface area contributed by atoms with Crippen LogP contribution >= 0.6 is 0 Å². The number of hydrogen-bond acceptors (Lipinski definition) is 6. The number of fused-ring (bicyclic) bond motifs is 1. The highest BCUT2D eigenvalue weighted by atomic mass is 16.5. The van der Waals surface area contributed by atoms with E-state index in [0.717, 1.165) is 51.0 Å². The van der Waals surface area contributed by atoms with Gasteiger partial charge in [0.05, 0.1) is 24.5 Å². The Kier molecular flexibility index (Phi) is 8.52. The molecule has 1 fully saturated rings. The molecule has 7 nitrogen and oxygen atoms in total. The van der Waals surface area contributed by atoms with Gasteiger partial charge < -0.3 is 20.1 Å². The van der Waals surface area contributed by atoms with E-state index in [9.17, 15) is 14.7 Å². The number of benzene rings is 1. The molecule has 0 unspecified atom stereocenters. The Labute approximate surface area is 207 Å². The number of ether oxygens (including phenoxy) is 1. The number of carbonyl (C=O) groups is 2. The number of hydrogen-bond donors (Lipinski definition) is 2. The molecule has 2 N–H and O–H groups in total. The Morgan fingerprint density at radius 2 is 1.97 bits per heavy atom. The number of nitrogens with zero attached hydrogens (tertiary/aromatic N) is 2. The molecule has 7 heteroatoms. The lowest BCUT2D eigenvalue weighted by molar-refractivity contribution is -0.130. The van der Waals surface area contributed by atoms with Crippen LogP contribution < -0.4 is 10.1 Å². The smallest absolute Gasteiger partial charge is 0.219 e. The average Bonchev–Trinajstić information content (AvgIpc) is 2.88. The van der Waals surface area contributed by atoms with Gasteiger partial charge in [0.25, 0.3) is 0 Å². The molecule has 35 heavy (non-hydrogen) atoms. The molecule has 2 aliphatic rings. The summed E-state index contributed by atoms with van der Waals surface area (Å²) >= 11 is 0. The minimum atomic E-state index is -0.601. The Bertz CT molecular complexity index is 1030. The summed E-state index contributed by atoms with van der Waals surface area (Å²) < 4.78 is 5.70. The van der Waals surface area contributed by atoms with E-state index in [0.29, 0.717) is 30.3 Å². The van der Waals surface area contributed by atoms with Crippen molar-refractivity contribution >= 4 is 11.7 Å². The van der Waals surface area contributed by atoms with Crippen molar-refractivity contribution in [3.8, 4) is 5.75 Å². The molecule has 1 aromatic carbocycles. The molecule has 0 aliphatic carbocycles. The molecule has 2 aliphatic heterocycles. The highest BCUT2D eigenvalue weighted by Crippen LogP contribution is 2.26. The third kappa shape index (κ3) is 6.47. The molecule has 1 saturated heterocycles. The number of nitrogens with one attached hydrogen (secondary N) is 1. The fourth-order valence-electron chi connectivity index (χ4n) is 5.20. The topological polar surface area (TPSA) is 91.8 Å². The highest BCUT2D eigenvalue weighted by molar-refractivity contribution is 5.98. The van der Waals surface area contributed by atoms with Gasteiger partial charge in [0.15, 0.2) is 5.78 Å². The molecule has 4 rings (SSSR count). The number of carbonyl (C=O) groups excluding carboxylic acids is 2. The van der Waals surface area contributed by atoms with E-state index in [1.54, 1.807) is 13.1 Å². The first-order chi connectivity index (χ1) is 16.9. The molecule has 0 spiro atoms. The highest BCUT2D eigenvalue weighted by Gasteiger charge is 2.26. The summed E-state index contributed by atoms with van der Waals surface area (Å²) in [5, 5.41) is 14.2. The lowest BCUT2D eigenvalue weighted by atomic mass is 9.90. The first kappa shape index (κ1) is 25.3. The maximum atomic E-state index is 13.2. The second-order valence-electron chi connectivity index (χ2n) is 9.75. The number of ketones is 1. The zero-order valence-electron chi connectivity index (χ0n) is 20.8. The Balaban J connectivity index is 1.36. The van der Waals surface area contributed by atoms with Crippen molar-refractivity contribution in [1.82, 2.24) is 15.2 Å². The van der Waals surface area contributed by atoms with Crippen LogP contribution in [0.4, 0.5) is 0 Å².